The van der Waals surface area contributed by atoms with E-state index in [1.54, 1.807) is 31.0 Å². The van der Waals surface area contributed by atoms with Crippen molar-refractivity contribution in [3.63, 3.8) is 0 Å². The number of rotatable bonds is 8. The molecule has 5 nitrogen and oxygen atoms in total. The van der Waals surface area contributed by atoms with Gasteiger partial charge in [-0.15, -0.1) is 0 Å². The number of anilines is 1. The van der Waals surface area contributed by atoms with Gasteiger partial charge < -0.3 is 10.6 Å². The number of halogens is 1. The standard InChI is InChI=1S/C22H28FN3O2/c1-15-6-5-7-16(2)21(15)25-20(27)14-26(4)17(3)22(28)24-13-12-18-8-10-19(23)11-9-18/h5-11,17H,12-14H2,1-4H3,(H,24,28)(H,25,27)/t17-/m1/s1. The average molecular weight is 385 g/mol. The first kappa shape index (κ1) is 21.6. The minimum atomic E-state index is -0.447. The van der Waals surface area contributed by atoms with Crippen LogP contribution in [0.4, 0.5) is 10.1 Å². The number of amides is 2. The SMILES string of the molecule is Cc1cccc(C)c1NC(=O)CN(C)[C@H](C)C(=O)NCCc1ccc(F)cc1. The highest BCUT2D eigenvalue weighted by Gasteiger charge is 2.20. The lowest BCUT2D eigenvalue weighted by Crippen LogP contribution is -2.46. The molecule has 0 aliphatic rings. The first-order valence-electron chi connectivity index (χ1n) is 9.36. The number of nitrogens with zero attached hydrogens (tertiary/aromatic N) is 1. The van der Waals surface area contributed by atoms with E-state index >= 15 is 0 Å². The lowest BCUT2D eigenvalue weighted by atomic mass is 10.1. The van der Waals surface area contributed by atoms with Gasteiger partial charge >= 0.3 is 0 Å². The minimum absolute atomic E-state index is 0.111. The summed E-state index contributed by atoms with van der Waals surface area (Å²) in [5.74, 6) is -0.586. The van der Waals surface area contributed by atoms with Crippen LogP contribution in [0.5, 0.6) is 0 Å². The Kier molecular flexibility index (Phi) is 7.70. The van der Waals surface area contributed by atoms with Gasteiger partial charge in [0, 0.05) is 12.2 Å². The largest absolute Gasteiger partial charge is 0.354 e. The number of para-hydroxylation sites is 1. The molecule has 0 aromatic heterocycles. The molecule has 2 amide bonds. The molecule has 0 aliphatic carbocycles. The van der Waals surface area contributed by atoms with Crippen LogP contribution in [-0.4, -0.2) is 42.9 Å². The van der Waals surface area contributed by atoms with Crippen LogP contribution in [0.1, 0.15) is 23.6 Å². The van der Waals surface area contributed by atoms with E-state index in [-0.39, 0.29) is 24.2 Å². The first-order valence-corrected chi connectivity index (χ1v) is 9.36. The van der Waals surface area contributed by atoms with Gasteiger partial charge in [0.15, 0.2) is 0 Å². The normalized spacial score (nSPS) is 11.9. The molecular formula is C22H28FN3O2. The van der Waals surface area contributed by atoms with E-state index in [0.717, 1.165) is 22.4 Å². The molecule has 150 valence electrons. The quantitative estimate of drug-likeness (QED) is 0.734. The third-order valence-corrected chi connectivity index (χ3v) is 4.81. The predicted octanol–water partition coefficient (Wildman–Crippen LogP) is 3.06. The summed E-state index contributed by atoms with van der Waals surface area (Å²) in [7, 11) is 1.74. The van der Waals surface area contributed by atoms with Gasteiger partial charge in [-0.3, -0.25) is 14.5 Å². The van der Waals surface area contributed by atoms with Crippen molar-refractivity contribution in [3.05, 3.63) is 65.0 Å². The number of aryl methyl sites for hydroxylation is 2. The Balaban J connectivity index is 1.80. The van der Waals surface area contributed by atoms with E-state index in [1.165, 1.54) is 12.1 Å². The van der Waals surface area contributed by atoms with Gasteiger partial charge in [-0.1, -0.05) is 30.3 Å². The molecule has 0 aliphatic heterocycles. The van der Waals surface area contributed by atoms with E-state index < -0.39 is 6.04 Å². The van der Waals surface area contributed by atoms with E-state index in [2.05, 4.69) is 10.6 Å². The molecule has 2 N–H and O–H groups in total. The van der Waals surface area contributed by atoms with Crippen molar-refractivity contribution in [3.8, 4) is 0 Å². The van der Waals surface area contributed by atoms with Crippen molar-refractivity contribution in [2.75, 3.05) is 25.5 Å². The molecule has 0 spiro atoms. The number of carbonyl (C=O) groups is 2. The van der Waals surface area contributed by atoms with Gasteiger partial charge in [0.2, 0.25) is 11.8 Å². The molecule has 0 fully saturated rings. The highest BCUT2D eigenvalue weighted by Crippen LogP contribution is 2.19. The summed E-state index contributed by atoms with van der Waals surface area (Å²) in [6, 6.07) is 11.6. The molecule has 6 heteroatoms. The number of hydrogen-bond acceptors (Lipinski definition) is 3. The van der Waals surface area contributed by atoms with Crippen LogP contribution >= 0.6 is 0 Å². The fraction of sp³-hybridized carbons (Fsp3) is 0.364. The molecule has 0 heterocycles. The van der Waals surface area contributed by atoms with Crippen LogP contribution in [-0.2, 0) is 16.0 Å². The summed E-state index contributed by atoms with van der Waals surface area (Å²) in [5.41, 5.74) is 3.78. The van der Waals surface area contributed by atoms with Crippen molar-refractivity contribution in [2.45, 2.75) is 33.2 Å². The van der Waals surface area contributed by atoms with Crippen LogP contribution in [0.15, 0.2) is 42.5 Å². The van der Waals surface area contributed by atoms with Crippen LogP contribution in [0.2, 0.25) is 0 Å². The maximum absolute atomic E-state index is 12.9. The number of nitrogens with one attached hydrogen (secondary N) is 2. The van der Waals surface area contributed by atoms with Gasteiger partial charge in [-0.05, 0) is 63.1 Å². The van der Waals surface area contributed by atoms with Gasteiger partial charge in [-0.25, -0.2) is 4.39 Å². The van der Waals surface area contributed by atoms with Crippen molar-refractivity contribution in [1.29, 1.82) is 0 Å². The number of likely N-dealkylation sites (N-methyl/N-ethyl adjacent to an activating group) is 1. The Morgan fingerprint density at radius 3 is 2.29 bits per heavy atom. The molecule has 2 aromatic carbocycles. The van der Waals surface area contributed by atoms with E-state index in [1.807, 2.05) is 32.0 Å². The molecule has 2 rings (SSSR count). The maximum Gasteiger partial charge on any atom is 0.238 e. The Hall–Kier alpha value is -2.73. The molecule has 0 saturated carbocycles. The average Bonchev–Trinajstić information content (AvgIpc) is 2.65. The number of carbonyl (C=O) groups excluding carboxylic acids is 2. The summed E-state index contributed by atoms with van der Waals surface area (Å²) in [6.45, 7) is 6.23. The highest BCUT2D eigenvalue weighted by atomic mass is 19.1. The van der Waals surface area contributed by atoms with Gasteiger partial charge in [0.1, 0.15) is 5.82 Å². The third kappa shape index (κ3) is 6.16. The summed E-state index contributed by atoms with van der Waals surface area (Å²) in [4.78, 5) is 26.4. The second kappa shape index (κ2) is 9.99. The monoisotopic (exact) mass is 385 g/mol. The second-order valence-corrected chi connectivity index (χ2v) is 7.07. The minimum Gasteiger partial charge on any atom is -0.354 e. The van der Waals surface area contributed by atoms with Crippen LogP contribution < -0.4 is 10.6 Å². The fourth-order valence-corrected chi connectivity index (χ4v) is 2.88. The van der Waals surface area contributed by atoms with Gasteiger partial charge in [-0.2, -0.15) is 0 Å². The van der Waals surface area contributed by atoms with E-state index in [9.17, 15) is 14.0 Å². The molecule has 0 saturated heterocycles. The van der Waals surface area contributed by atoms with E-state index in [4.69, 9.17) is 0 Å². The van der Waals surface area contributed by atoms with Gasteiger partial charge in [0.25, 0.3) is 0 Å². The summed E-state index contributed by atoms with van der Waals surface area (Å²) < 4.78 is 12.9. The number of benzene rings is 2. The Morgan fingerprint density at radius 1 is 1.07 bits per heavy atom. The zero-order valence-electron chi connectivity index (χ0n) is 16.9. The molecule has 2 aromatic rings. The maximum atomic E-state index is 12.9. The van der Waals surface area contributed by atoms with Gasteiger partial charge in [0.05, 0.1) is 12.6 Å². The van der Waals surface area contributed by atoms with Crippen LogP contribution in [0, 0.1) is 19.7 Å². The Labute approximate surface area is 165 Å². The summed E-state index contributed by atoms with van der Waals surface area (Å²) in [5, 5.41) is 5.79. The molecule has 1 atom stereocenters. The zero-order chi connectivity index (χ0) is 20.7. The van der Waals surface area contributed by atoms with Crippen molar-refractivity contribution >= 4 is 17.5 Å². The van der Waals surface area contributed by atoms with Crippen LogP contribution in [0.25, 0.3) is 0 Å². The van der Waals surface area contributed by atoms with Crippen molar-refractivity contribution in [1.82, 2.24) is 10.2 Å². The number of hydrogen-bond donors (Lipinski definition) is 2. The van der Waals surface area contributed by atoms with Crippen molar-refractivity contribution in [2.24, 2.45) is 0 Å². The molecule has 0 unspecified atom stereocenters. The Morgan fingerprint density at radius 2 is 1.68 bits per heavy atom. The smallest absolute Gasteiger partial charge is 0.238 e. The molecular weight excluding hydrogens is 357 g/mol. The van der Waals surface area contributed by atoms with E-state index in [0.29, 0.717) is 13.0 Å². The first-order chi connectivity index (χ1) is 13.3. The molecule has 0 bridgehead atoms. The topological polar surface area (TPSA) is 61.4 Å². The highest BCUT2D eigenvalue weighted by molar-refractivity contribution is 5.94. The second-order valence-electron chi connectivity index (χ2n) is 7.07. The summed E-state index contributed by atoms with van der Waals surface area (Å²) >= 11 is 0. The predicted molar refractivity (Wildman–Crippen MR) is 110 cm³/mol. The lowest BCUT2D eigenvalue weighted by Gasteiger charge is -2.23. The van der Waals surface area contributed by atoms with Crippen molar-refractivity contribution < 1.29 is 14.0 Å². The Bertz CT molecular complexity index is 801. The molecule has 28 heavy (non-hydrogen) atoms. The molecule has 0 radical (unpaired) electrons. The third-order valence-electron chi connectivity index (χ3n) is 4.81. The fourth-order valence-electron chi connectivity index (χ4n) is 2.88. The lowest BCUT2D eigenvalue weighted by molar-refractivity contribution is -0.126. The van der Waals surface area contributed by atoms with Crippen LogP contribution in [0.3, 0.4) is 0 Å². The summed E-state index contributed by atoms with van der Waals surface area (Å²) in [6.07, 6.45) is 0.621. The zero-order valence-corrected chi connectivity index (χ0v) is 16.9.